The Morgan fingerprint density at radius 3 is 2.41 bits per heavy atom. The number of rotatable bonds is 6. The number of likely N-dealkylation sites (tertiary alicyclic amines) is 1. The summed E-state index contributed by atoms with van der Waals surface area (Å²) < 4.78 is 5.01. The van der Waals surface area contributed by atoms with Crippen LogP contribution in [-0.4, -0.2) is 71.9 Å². The van der Waals surface area contributed by atoms with Crippen molar-refractivity contribution in [2.24, 2.45) is 5.92 Å². The highest BCUT2D eigenvalue weighted by Gasteiger charge is 2.29. The van der Waals surface area contributed by atoms with E-state index in [1.165, 1.54) is 36.2 Å². The molecule has 1 aliphatic rings. The number of piperidine rings is 1. The number of nitrogens with zero attached hydrogens (tertiary/aromatic N) is 2. The van der Waals surface area contributed by atoms with Gasteiger partial charge in [0.2, 0.25) is 5.91 Å². The predicted octanol–water partition coefficient (Wildman–Crippen LogP) is 1.26. The quantitative estimate of drug-likeness (QED) is 0.750. The molecule has 0 spiro atoms. The van der Waals surface area contributed by atoms with Gasteiger partial charge in [-0.1, -0.05) is 6.07 Å². The Balaban J connectivity index is 1.90. The van der Waals surface area contributed by atoms with Gasteiger partial charge in [0.15, 0.2) is 0 Å². The van der Waals surface area contributed by atoms with Crippen molar-refractivity contribution in [2.45, 2.75) is 19.8 Å². The van der Waals surface area contributed by atoms with Crippen LogP contribution in [0.15, 0.2) is 24.3 Å². The molecule has 2 amide bonds. The molecule has 1 aromatic carbocycles. The standard InChI is InChI=1S/C19H24N2O6/c1-3-27-19(26)13-7-9-21(10-8-13)16(22)12-20(2)17(23)14-5-4-6-15(11-14)18(24)25/h4-6,11,13H,3,7-10,12H2,1-2H3,(H,24,25). The van der Waals surface area contributed by atoms with Gasteiger partial charge in [-0.15, -0.1) is 0 Å². The Hall–Kier alpha value is -2.90. The van der Waals surface area contributed by atoms with Crippen LogP contribution in [0, 0.1) is 5.92 Å². The minimum Gasteiger partial charge on any atom is -0.478 e. The normalized spacial score (nSPS) is 14.5. The Morgan fingerprint density at radius 2 is 1.81 bits per heavy atom. The number of aromatic carboxylic acids is 1. The SMILES string of the molecule is CCOC(=O)C1CCN(C(=O)CN(C)C(=O)c2cccc(C(=O)O)c2)CC1. The average molecular weight is 376 g/mol. The van der Waals surface area contributed by atoms with Crippen LogP contribution in [0.4, 0.5) is 0 Å². The summed E-state index contributed by atoms with van der Waals surface area (Å²) in [6.45, 7) is 2.88. The molecule has 2 rings (SSSR count). The molecule has 0 atom stereocenters. The third kappa shape index (κ3) is 5.29. The van der Waals surface area contributed by atoms with Crippen LogP contribution < -0.4 is 0 Å². The molecule has 27 heavy (non-hydrogen) atoms. The van der Waals surface area contributed by atoms with Crippen LogP contribution in [0.2, 0.25) is 0 Å². The third-order valence-corrected chi connectivity index (χ3v) is 4.54. The van der Waals surface area contributed by atoms with Crippen LogP contribution in [0.5, 0.6) is 0 Å². The van der Waals surface area contributed by atoms with E-state index in [-0.39, 0.29) is 35.5 Å². The second-order valence-corrected chi connectivity index (χ2v) is 6.45. The number of carboxylic acids is 1. The summed E-state index contributed by atoms with van der Waals surface area (Å²) in [5, 5.41) is 9.02. The molecule has 1 N–H and O–H groups in total. The van der Waals surface area contributed by atoms with E-state index in [0.717, 1.165) is 0 Å². The molecule has 0 aliphatic carbocycles. The van der Waals surface area contributed by atoms with E-state index in [1.807, 2.05) is 0 Å². The summed E-state index contributed by atoms with van der Waals surface area (Å²) in [4.78, 5) is 50.6. The molecule has 0 saturated carbocycles. The van der Waals surface area contributed by atoms with Crippen molar-refractivity contribution in [1.29, 1.82) is 0 Å². The fraction of sp³-hybridized carbons (Fsp3) is 0.474. The second-order valence-electron chi connectivity index (χ2n) is 6.45. The molecule has 8 nitrogen and oxygen atoms in total. The van der Waals surface area contributed by atoms with Gasteiger partial charge >= 0.3 is 11.9 Å². The molecule has 1 heterocycles. The van der Waals surface area contributed by atoms with Crippen molar-refractivity contribution >= 4 is 23.8 Å². The van der Waals surface area contributed by atoms with E-state index < -0.39 is 11.9 Å². The lowest BCUT2D eigenvalue weighted by molar-refractivity contribution is -0.151. The number of esters is 1. The molecular formula is C19H24N2O6. The summed E-state index contributed by atoms with van der Waals surface area (Å²) in [6.07, 6.45) is 1.09. The van der Waals surface area contributed by atoms with Gasteiger partial charge in [-0.25, -0.2) is 4.79 Å². The van der Waals surface area contributed by atoms with E-state index in [1.54, 1.807) is 11.8 Å². The minimum absolute atomic E-state index is 0.0154. The first-order valence-electron chi connectivity index (χ1n) is 8.86. The highest BCUT2D eigenvalue weighted by atomic mass is 16.5. The van der Waals surface area contributed by atoms with Crippen LogP contribution in [0.1, 0.15) is 40.5 Å². The van der Waals surface area contributed by atoms with E-state index >= 15 is 0 Å². The monoisotopic (exact) mass is 376 g/mol. The molecule has 0 radical (unpaired) electrons. The molecular weight excluding hydrogens is 352 g/mol. The number of ether oxygens (including phenoxy) is 1. The zero-order valence-corrected chi connectivity index (χ0v) is 15.5. The van der Waals surface area contributed by atoms with Crippen LogP contribution in [-0.2, 0) is 14.3 Å². The van der Waals surface area contributed by atoms with Crippen LogP contribution in [0.25, 0.3) is 0 Å². The first-order chi connectivity index (χ1) is 12.8. The smallest absolute Gasteiger partial charge is 0.335 e. The molecule has 1 aromatic rings. The Morgan fingerprint density at radius 1 is 1.19 bits per heavy atom. The van der Waals surface area contributed by atoms with Crippen molar-refractivity contribution < 1.29 is 29.0 Å². The molecule has 1 saturated heterocycles. The highest BCUT2D eigenvalue weighted by Crippen LogP contribution is 2.19. The van der Waals surface area contributed by atoms with Crippen LogP contribution >= 0.6 is 0 Å². The molecule has 146 valence electrons. The Labute approximate surface area is 157 Å². The van der Waals surface area contributed by atoms with Gasteiger partial charge in [0.25, 0.3) is 5.91 Å². The van der Waals surface area contributed by atoms with E-state index in [4.69, 9.17) is 9.84 Å². The highest BCUT2D eigenvalue weighted by molar-refractivity contribution is 5.98. The Bertz CT molecular complexity index is 725. The van der Waals surface area contributed by atoms with Gasteiger partial charge in [0, 0.05) is 25.7 Å². The van der Waals surface area contributed by atoms with Crippen molar-refractivity contribution in [3.8, 4) is 0 Å². The number of hydrogen-bond acceptors (Lipinski definition) is 5. The first kappa shape index (κ1) is 20.4. The zero-order chi connectivity index (χ0) is 20.0. The Kier molecular flexibility index (Phi) is 6.92. The lowest BCUT2D eigenvalue weighted by Gasteiger charge is -2.32. The van der Waals surface area contributed by atoms with Gasteiger partial charge in [0.05, 0.1) is 24.6 Å². The number of benzene rings is 1. The lowest BCUT2D eigenvalue weighted by atomic mass is 9.97. The number of hydrogen-bond donors (Lipinski definition) is 1. The van der Waals surface area contributed by atoms with Crippen molar-refractivity contribution in [1.82, 2.24) is 9.80 Å². The number of carbonyl (C=O) groups is 4. The molecule has 8 heteroatoms. The summed E-state index contributed by atoms with van der Waals surface area (Å²) in [5.74, 6) is -2.16. The fourth-order valence-corrected chi connectivity index (χ4v) is 3.01. The van der Waals surface area contributed by atoms with Gasteiger partial charge in [0.1, 0.15) is 0 Å². The maximum absolute atomic E-state index is 12.5. The topological polar surface area (TPSA) is 104 Å². The maximum atomic E-state index is 12.5. The van der Waals surface area contributed by atoms with E-state index in [0.29, 0.717) is 32.5 Å². The van der Waals surface area contributed by atoms with Crippen molar-refractivity contribution in [3.05, 3.63) is 35.4 Å². The molecule has 1 fully saturated rings. The van der Waals surface area contributed by atoms with Crippen LogP contribution in [0.3, 0.4) is 0 Å². The minimum atomic E-state index is -1.12. The number of likely N-dealkylation sites (N-methyl/N-ethyl adjacent to an activating group) is 1. The fourth-order valence-electron chi connectivity index (χ4n) is 3.01. The third-order valence-electron chi connectivity index (χ3n) is 4.54. The molecule has 0 bridgehead atoms. The van der Waals surface area contributed by atoms with Gasteiger partial charge in [-0.05, 0) is 38.0 Å². The first-order valence-corrected chi connectivity index (χ1v) is 8.86. The van der Waals surface area contributed by atoms with Gasteiger partial charge in [-0.2, -0.15) is 0 Å². The summed E-state index contributed by atoms with van der Waals surface area (Å²) in [7, 11) is 1.50. The van der Waals surface area contributed by atoms with E-state index in [2.05, 4.69) is 0 Å². The molecule has 0 aromatic heterocycles. The number of amides is 2. The predicted molar refractivity (Wildman–Crippen MR) is 96.3 cm³/mol. The van der Waals surface area contributed by atoms with E-state index in [9.17, 15) is 19.2 Å². The van der Waals surface area contributed by atoms with Gasteiger partial charge < -0.3 is 19.6 Å². The number of carbonyl (C=O) groups excluding carboxylic acids is 3. The summed E-state index contributed by atoms with van der Waals surface area (Å²) in [6, 6.07) is 5.70. The maximum Gasteiger partial charge on any atom is 0.335 e. The van der Waals surface area contributed by atoms with Crippen molar-refractivity contribution in [2.75, 3.05) is 33.3 Å². The molecule has 0 unspecified atom stereocenters. The lowest BCUT2D eigenvalue weighted by Crippen LogP contribution is -2.45. The van der Waals surface area contributed by atoms with Crippen molar-refractivity contribution in [3.63, 3.8) is 0 Å². The molecule has 1 aliphatic heterocycles. The largest absolute Gasteiger partial charge is 0.478 e. The summed E-state index contributed by atoms with van der Waals surface area (Å²) >= 11 is 0. The zero-order valence-electron chi connectivity index (χ0n) is 15.5. The average Bonchev–Trinajstić information content (AvgIpc) is 2.67. The second kappa shape index (κ2) is 9.16. The number of carboxylic acid groups (broad SMARTS) is 1. The van der Waals surface area contributed by atoms with Gasteiger partial charge in [-0.3, -0.25) is 14.4 Å². The summed E-state index contributed by atoms with van der Waals surface area (Å²) in [5.41, 5.74) is 0.229.